The molecule has 0 amide bonds. The lowest BCUT2D eigenvalue weighted by Crippen LogP contribution is -1.88. The van der Waals surface area contributed by atoms with Crippen molar-refractivity contribution in [2.24, 2.45) is 0 Å². The van der Waals surface area contributed by atoms with Gasteiger partial charge in [-0.25, -0.2) is 4.98 Å². The molecular weight excluding hydrogens is 309 g/mol. The Balaban J connectivity index is 2.51. The van der Waals surface area contributed by atoms with E-state index in [0.29, 0.717) is 0 Å². The quantitative estimate of drug-likeness (QED) is 0.445. The van der Waals surface area contributed by atoms with Gasteiger partial charge in [-0.05, 0) is 53.3 Å². The average molecular weight is 319 g/mol. The van der Waals surface area contributed by atoms with E-state index in [1.54, 1.807) is 0 Å². The van der Waals surface area contributed by atoms with Crippen molar-refractivity contribution in [1.29, 1.82) is 0 Å². The molecule has 0 bridgehead atoms. The standard InChI is InChI=1S/C14H10IN/c1-9-12(15)7-6-11-8-10-4-2-3-5-13(10)16-14(9)11/h2-8H,1H3. The first-order valence-electron chi connectivity index (χ1n) is 5.20. The van der Waals surface area contributed by atoms with Gasteiger partial charge in [-0.15, -0.1) is 0 Å². The summed E-state index contributed by atoms with van der Waals surface area (Å²) in [5, 5.41) is 2.42. The van der Waals surface area contributed by atoms with Crippen LogP contribution in [-0.4, -0.2) is 4.98 Å². The highest BCUT2D eigenvalue weighted by Crippen LogP contribution is 2.24. The first-order valence-corrected chi connectivity index (χ1v) is 6.28. The molecule has 3 rings (SSSR count). The van der Waals surface area contributed by atoms with Gasteiger partial charge in [0, 0.05) is 14.3 Å². The monoisotopic (exact) mass is 319 g/mol. The van der Waals surface area contributed by atoms with Gasteiger partial charge >= 0.3 is 0 Å². The van der Waals surface area contributed by atoms with Gasteiger partial charge in [-0.2, -0.15) is 0 Å². The first-order chi connectivity index (χ1) is 7.75. The number of benzene rings is 2. The Labute approximate surface area is 108 Å². The van der Waals surface area contributed by atoms with Crippen LogP contribution in [0.1, 0.15) is 5.56 Å². The van der Waals surface area contributed by atoms with E-state index in [4.69, 9.17) is 4.98 Å². The summed E-state index contributed by atoms with van der Waals surface area (Å²) in [6.07, 6.45) is 0. The molecular formula is C14H10IN. The third kappa shape index (κ3) is 1.48. The number of hydrogen-bond acceptors (Lipinski definition) is 1. The van der Waals surface area contributed by atoms with Gasteiger partial charge in [0.25, 0.3) is 0 Å². The molecule has 78 valence electrons. The van der Waals surface area contributed by atoms with Gasteiger partial charge in [0.05, 0.1) is 11.0 Å². The van der Waals surface area contributed by atoms with Gasteiger partial charge in [-0.3, -0.25) is 0 Å². The molecule has 0 N–H and O–H groups in total. The van der Waals surface area contributed by atoms with Crippen LogP contribution in [0.5, 0.6) is 0 Å². The molecule has 0 aliphatic rings. The van der Waals surface area contributed by atoms with Crippen LogP contribution in [0.2, 0.25) is 0 Å². The number of pyridine rings is 1. The lowest BCUT2D eigenvalue weighted by molar-refractivity contribution is 1.40. The molecule has 1 heterocycles. The maximum Gasteiger partial charge on any atom is 0.0749 e. The smallest absolute Gasteiger partial charge is 0.0749 e. The molecule has 0 aliphatic heterocycles. The average Bonchev–Trinajstić information content (AvgIpc) is 2.32. The number of nitrogens with zero attached hydrogens (tertiary/aromatic N) is 1. The van der Waals surface area contributed by atoms with E-state index in [2.05, 4.69) is 65.9 Å². The Kier molecular flexibility index (Phi) is 2.32. The van der Waals surface area contributed by atoms with Crippen molar-refractivity contribution in [1.82, 2.24) is 4.98 Å². The van der Waals surface area contributed by atoms with Crippen molar-refractivity contribution < 1.29 is 0 Å². The highest BCUT2D eigenvalue weighted by Gasteiger charge is 2.04. The lowest BCUT2D eigenvalue weighted by atomic mass is 10.1. The third-order valence-electron chi connectivity index (χ3n) is 2.88. The van der Waals surface area contributed by atoms with Gasteiger partial charge in [-0.1, -0.05) is 24.3 Å². The second-order valence-corrected chi connectivity index (χ2v) is 5.09. The molecule has 0 fully saturated rings. The van der Waals surface area contributed by atoms with E-state index in [0.717, 1.165) is 11.0 Å². The zero-order valence-electron chi connectivity index (χ0n) is 8.87. The summed E-state index contributed by atoms with van der Waals surface area (Å²) in [5.74, 6) is 0. The summed E-state index contributed by atoms with van der Waals surface area (Å²) in [4.78, 5) is 4.73. The summed E-state index contributed by atoms with van der Waals surface area (Å²) in [6.45, 7) is 2.13. The molecule has 2 aromatic carbocycles. The molecule has 16 heavy (non-hydrogen) atoms. The minimum atomic E-state index is 1.07. The Morgan fingerprint density at radius 1 is 1.00 bits per heavy atom. The van der Waals surface area contributed by atoms with Crippen LogP contribution in [0.15, 0.2) is 42.5 Å². The van der Waals surface area contributed by atoms with Crippen LogP contribution < -0.4 is 0 Å². The predicted molar refractivity (Wildman–Crippen MR) is 76.7 cm³/mol. The minimum absolute atomic E-state index is 1.07. The molecule has 0 unspecified atom stereocenters. The predicted octanol–water partition coefficient (Wildman–Crippen LogP) is 4.30. The number of halogens is 1. The van der Waals surface area contributed by atoms with E-state index in [1.165, 1.54) is 19.9 Å². The van der Waals surface area contributed by atoms with Crippen molar-refractivity contribution in [3.63, 3.8) is 0 Å². The number of para-hydroxylation sites is 1. The van der Waals surface area contributed by atoms with Gasteiger partial charge in [0.2, 0.25) is 0 Å². The molecule has 0 saturated carbocycles. The molecule has 3 aromatic rings. The van der Waals surface area contributed by atoms with Crippen LogP contribution in [0, 0.1) is 10.5 Å². The molecule has 0 saturated heterocycles. The van der Waals surface area contributed by atoms with E-state index in [9.17, 15) is 0 Å². The molecule has 0 atom stereocenters. The van der Waals surface area contributed by atoms with E-state index < -0.39 is 0 Å². The largest absolute Gasteiger partial charge is 0.247 e. The van der Waals surface area contributed by atoms with Crippen LogP contribution in [0.4, 0.5) is 0 Å². The molecule has 1 nitrogen and oxygen atoms in total. The van der Waals surface area contributed by atoms with E-state index in [1.807, 2.05) is 6.07 Å². The summed E-state index contributed by atoms with van der Waals surface area (Å²) in [7, 11) is 0. The first kappa shape index (κ1) is 10.0. The molecule has 0 spiro atoms. The lowest BCUT2D eigenvalue weighted by Gasteiger charge is -2.05. The van der Waals surface area contributed by atoms with Crippen molar-refractivity contribution in [2.75, 3.05) is 0 Å². The van der Waals surface area contributed by atoms with E-state index in [-0.39, 0.29) is 0 Å². The van der Waals surface area contributed by atoms with Gasteiger partial charge in [0.1, 0.15) is 0 Å². The number of fused-ring (bicyclic) bond motifs is 2. The topological polar surface area (TPSA) is 12.9 Å². The van der Waals surface area contributed by atoms with E-state index >= 15 is 0 Å². The summed E-state index contributed by atoms with van der Waals surface area (Å²) in [6, 6.07) is 14.8. The fourth-order valence-electron chi connectivity index (χ4n) is 1.96. The zero-order chi connectivity index (χ0) is 11.1. The SMILES string of the molecule is Cc1c(I)ccc2cc3ccccc3nc12. The third-order valence-corrected chi connectivity index (χ3v) is 4.04. The zero-order valence-corrected chi connectivity index (χ0v) is 11.0. The number of aromatic nitrogens is 1. The van der Waals surface area contributed by atoms with Gasteiger partial charge < -0.3 is 0 Å². The fourth-order valence-corrected chi connectivity index (χ4v) is 2.40. The normalized spacial score (nSPS) is 11.1. The fraction of sp³-hybridized carbons (Fsp3) is 0.0714. The summed E-state index contributed by atoms with van der Waals surface area (Å²) >= 11 is 2.36. The maximum atomic E-state index is 4.73. The second-order valence-electron chi connectivity index (χ2n) is 3.93. The van der Waals surface area contributed by atoms with Crippen LogP contribution in [-0.2, 0) is 0 Å². The highest BCUT2D eigenvalue weighted by atomic mass is 127. The van der Waals surface area contributed by atoms with Crippen LogP contribution in [0.25, 0.3) is 21.8 Å². The Morgan fingerprint density at radius 3 is 2.69 bits per heavy atom. The highest BCUT2D eigenvalue weighted by molar-refractivity contribution is 14.1. The maximum absolute atomic E-state index is 4.73. The summed E-state index contributed by atoms with van der Waals surface area (Å²) in [5.41, 5.74) is 3.45. The Morgan fingerprint density at radius 2 is 1.81 bits per heavy atom. The molecule has 0 radical (unpaired) electrons. The number of rotatable bonds is 0. The number of hydrogen-bond donors (Lipinski definition) is 0. The molecule has 1 aromatic heterocycles. The minimum Gasteiger partial charge on any atom is -0.247 e. The van der Waals surface area contributed by atoms with Gasteiger partial charge in [0.15, 0.2) is 0 Å². The van der Waals surface area contributed by atoms with Crippen molar-refractivity contribution >= 4 is 44.4 Å². The summed E-state index contributed by atoms with van der Waals surface area (Å²) < 4.78 is 1.27. The van der Waals surface area contributed by atoms with Crippen molar-refractivity contribution in [3.05, 3.63) is 51.6 Å². The van der Waals surface area contributed by atoms with Crippen LogP contribution in [0.3, 0.4) is 0 Å². The molecule has 0 aliphatic carbocycles. The van der Waals surface area contributed by atoms with Crippen molar-refractivity contribution in [2.45, 2.75) is 6.92 Å². The van der Waals surface area contributed by atoms with Crippen molar-refractivity contribution in [3.8, 4) is 0 Å². The molecule has 2 heteroatoms. The van der Waals surface area contributed by atoms with Crippen LogP contribution >= 0.6 is 22.6 Å². The number of aryl methyl sites for hydroxylation is 1. The second kappa shape index (κ2) is 3.70. The Bertz CT molecular complexity index is 689. The Hall–Kier alpha value is -1.16.